The molecule has 0 heterocycles. The van der Waals surface area contributed by atoms with Crippen LogP contribution in [0.3, 0.4) is 0 Å². The first-order valence-corrected chi connectivity index (χ1v) is 7.82. The number of rotatable bonds is 6. The summed E-state index contributed by atoms with van der Waals surface area (Å²) in [5.74, 6) is 0.517. The topological polar surface area (TPSA) is 50.4 Å². The van der Waals surface area contributed by atoms with E-state index >= 15 is 0 Å². The molecular formula is C18H21ClN2O2. The Hall–Kier alpha value is -2.20. The molecule has 0 spiro atoms. The van der Waals surface area contributed by atoms with E-state index in [0.717, 1.165) is 5.69 Å². The van der Waals surface area contributed by atoms with Crippen molar-refractivity contribution in [2.45, 2.75) is 20.3 Å². The van der Waals surface area contributed by atoms with Crippen LogP contribution in [0.15, 0.2) is 36.4 Å². The Morgan fingerprint density at radius 1 is 1.09 bits per heavy atom. The molecule has 0 aliphatic rings. The van der Waals surface area contributed by atoms with Crippen LogP contribution >= 0.6 is 11.6 Å². The lowest BCUT2D eigenvalue weighted by Crippen LogP contribution is -2.16. The maximum atomic E-state index is 12.0. The molecule has 122 valence electrons. The Morgan fingerprint density at radius 2 is 1.83 bits per heavy atom. The molecule has 0 atom stereocenters. The summed E-state index contributed by atoms with van der Waals surface area (Å²) < 4.78 is 5.08. The van der Waals surface area contributed by atoms with E-state index in [2.05, 4.69) is 36.6 Å². The zero-order valence-corrected chi connectivity index (χ0v) is 14.3. The molecule has 0 aromatic heterocycles. The zero-order chi connectivity index (χ0) is 16.8. The SMILES string of the molecule is COc1ccc(NC(=O)CCNc2ccc(C)c(C)c2)cc1Cl. The van der Waals surface area contributed by atoms with Gasteiger partial charge >= 0.3 is 0 Å². The molecule has 23 heavy (non-hydrogen) atoms. The van der Waals surface area contributed by atoms with Crippen molar-refractivity contribution in [3.8, 4) is 5.75 Å². The molecule has 0 unspecified atom stereocenters. The smallest absolute Gasteiger partial charge is 0.226 e. The molecule has 0 aliphatic carbocycles. The van der Waals surface area contributed by atoms with Gasteiger partial charge in [-0.15, -0.1) is 0 Å². The van der Waals surface area contributed by atoms with Crippen LogP contribution in [-0.4, -0.2) is 19.6 Å². The van der Waals surface area contributed by atoms with E-state index in [0.29, 0.717) is 29.4 Å². The summed E-state index contributed by atoms with van der Waals surface area (Å²) >= 11 is 6.04. The predicted octanol–water partition coefficient (Wildman–Crippen LogP) is 4.41. The lowest BCUT2D eigenvalue weighted by atomic mass is 10.1. The number of hydrogen-bond donors (Lipinski definition) is 2. The highest BCUT2D eigenvalue weighted by atomic mass is 35.5. The minimum absolute atomic E-state index is 0.0671. The Balaban J connectivity index is 1.83. The van der Waals surface area contributed by atoms with Gasteiger partial charge in [-0.25, -0.2) is 0 Å². The van der Waals surface area contributed by atoms with Crippen LogP contribution in [0.1, 0.15) is 17.5 Å². The van der Waals surface area contributed by atoms with Crippen molar-refractivity contribution in [1.29, 1.82) is 0 Å². The van der Waals surface area contributed by atoms with Gasteiger partial charge in [-0.1, -0.05) is 17.7 Å². The summed E-state index contributed by atoms with van der Waals surface area (Å²) in [6.07, 6.45) is 0.372. The van der Waals surface area contributed by atoms with Gasteiger partial charge in [0.05, 0.1) is 12.1 Å². The summed E-state index contributed by atoms with van der Waals surface area (Å²) in [5, 5.41) is 6.54. The monoisotopic (exact) mass is 332 g/mol. The number of hydrogen-bond acceptors (Lipinski definition) is 3. The van der Waals surface area contributed by atoms with Crippen LogP contribution in [0, 0.1) is 13.8 Å². The number of amides is 1. The van der Waals surface area contributed by atoms with Crippen molar-refractivity contribution in [3.05, 3.63) is 52.5 Å². The second-order valence-corrected chi connectivity index (χ2v) is 5.78. The van der Waals surface area contributed by atoms with Gasteiger partial charge in [0.1, 0.15) is 5.75 Å². The largest absolute Gasteiger partial charge is 0.495 e. The normalized spacial score (nSPS) is 10.3. The van der Waals surface area contributed by atoms with E-state index in [1.54, 1.807) is 25.3 Å². The Kier molecular flexibility index (Phi) is 5.88. The quantitative estimate of drug-likeness (QED) is 0.824. The standard InChI is InChI=1S/C18H21ClN2O2/c1-12-4-5-14(10-13(12)2)20-9-8-18(22)21-15-6-7-17(23-3)16(19)11-15/h4-7,10-11,20H,8-9H2,1-3H3,(H,21,22). The minimum Gasteiger partial charge on any atom is -0.495 e. The first kappa shape index (κ1) is 17.2. The Bertz CT molecular complexity index is 701. The van der Waals surface area contributed by atoms with Crippen LogP contribution in [0.2, 0.25) is 5.02 Å². The third-order valence-electron chi connectivity index (χ3n) is 3.62. The van der Waals surface area contributed by atoms with Gasteiger partial charge in [-0.3, -0.25) is 4.79 Å². The highest BCUT2D eigenvalue weighted by Crippen LogP contribution is 2.27. The van der Waals surface area contributed by atoms with E-state index in [1.807, 2.05) is 6.07 Å². The second-order valence-electron chi connectivity index (χ2n) is 5.37. The van der Waals surface area contributed by atoms with E-state index in [4.69, 9.17) is 16.3 Å². The van der Waals surface area contributed by atoms with Gasteiger partial charge in [0.2, 0.25) is 5.91 Å². The molecule has 0 saturated carbocycles. The van der Waals surface area contributed by atoms with E-state index in [-0.39, 0.29) is 5.91 Å². The molecule has 4 nitrogen and oxygen atoms in total. The minimum atomic E-state index is -0.0671. The van der Waals surface area contributed by atoms with Crippen LogP contribution in [0.5, 0.6) is 5.75 Å². The van der Waals surface area contributed by atoms with Crippen molar-refractivity contribution in [2.24, 2.45) is 0 Å². The number of ether oxygens (including phenoxy) is 1. The fourth-order valence-corrected chi connectivity index (χ4v) is 2.40. The zero-order valence-electron chi connectivity index (χ0n) is 13.6. The summed E-state index contributed by atoms with van der Waals surface area (Å²) in [6.45, 7) is 4.71. The van der Waals surface area contributed by atoms with Crippen molar-refractivity contribution in [2.75, 3.05) is 24.3 Å². The summed E-state index contributed by atoms with van der Waals surface area (Å²) in [7, 11) is 1.55. The third kappa shape index (κ3) is 4.89. The average molecular weight is 333 g/mol. The van der Waals surface area contributed by atoms with Crippen molar-refractivity contribution in [1.82, 2.24) is 0 Å². The number of carbonyl (C=O) groups excluding carboxylic acids is 1. The van der Waals surface area contributed by atoms with Crippen LogP contribution in [0.25, 0.3) is 0 Å². The van der Waals surface area contributed by atoms with Gasteiger partial charge in [-0.2, -0.15) is 0 Å². The molecular weight excluding hydrogens is 312 g/mol. The highest BCUT2D eigenvalue weighted by molar-refractivity contribution is 6.32. The lowest BCUT2D eigenvalue weighted by Gasteiger charge is -2.10. The van der Waals surface area contributed by atoms with Gasteiger partial charge < -0.3 is 15.4 Å². The highest BCUT2D eigenvalue weighted by Gasteiger charge is 2.06. The molecule has 2 aromatic carbocycles. The van der Waals surface area contributed by atoms with Crippen molar-refractivity contribution < 1.29 is 9.53 Å². The average Bonchev–Trinajstić information content (AvgIpc) is 2.51. The van der Waals surface area contributed by atoms with E-state index in [9.17, 15) is 4.79 Å². The molecule has 2 aromatic rings. The van der Waals surface area contributed by atoms with Crippen molar-refractivity contribution >= 4 is 28.9 Å². The van der Waals surface area contributed by atoms with Gasteiger partial charge in [0.15, 0.2) is 0 Å². The fraction of sp³-hybridized carbons (Fsp3) is 0.278. The van der Waals surface area contributed by atoms with E-state index < -0.39 is 0 Å². The second kappa shape index (κ2) is 7.88. The van der Waals surface area contributed by atoms with Crippen LogP contribution in [0.4, 0.5) is 11.4 Å². The van der Waals surface area contributed by atoms with Gasteiger partial charge in [0.25, 0.3) is 0 Å². The number of benzene rings is 2. The number of aryl methyl sites for hydroxylation is 2. The summed E-state index contributed by atoms with van der Waals surface area (Å²) in [5.41, 5.74) is 4.16. The molecule has 1 amide bonds. The number of nitrogens with one attached hydrogen (secondary N) is 2. The fourth-order valence-electron chi connectivity index (χ4n) is 2.14. The molecule has 0 saturated heterocycles. The summed E-state index contributed by atoms with van der Waals surface area (Å²) in [4.78, 5) is 12.0. The van der Waals surface area contributed by atoms with Crippen LogP contribution in [-0.2, 0) is 4.79 Å². The molecule has 0 radical (unpaired) electrons. The van der Waals surface area contributed by atoms with Crippen LogP contribution < -0.4 is 15.4 Å². The Labute approximate surface area is 141 Å². The molecule has 5 heteroatoms. The number of anilines is 2. The third-order valence-corrected chi connectivity index (χ3v) is 3.92. The number of carbonyl (C=O) groups is 1. The molecule has 0 aliphatic heterocycles. The Morgan fingerprint density at radius 3 is 2.48 bits per heavy atom. The maximum Gasteiger partial charge on any atom is 0.226 e. The first-order chi connectivity index (χ1) is 11.0. The van der Waals surface area contributed by atoms with Gasteiger partial charge in [0, 0.05) is 24.3 Å². The first-order valence-electron chi connectivity index (χ1n) is 7.44. The number of halogens is 1. The maximum absolute atomic E-state index is 12.0. The molecule has 2 N–H and O–H groups in total. The summed E-state index contributed by atoms with van der Waals surface area (Å²) in [6, 6.07) is 11.3. The van der Waals surface area contributed by atoms with Gasteiger partial charge in [-0.05, 0) is 55.3 Å². The molecule has 2 rings (SSSR count). The predicted molar refractivity (Wildman–Crippen MR) is 95.7 cm³/mol. The van der Waals surface area contributed by atoms with Crippen molar-refractivity contribution in [3.63, 3.8) is 0 Å². The van der Waals surface area contributed by atoms with E-state index in [1.165, 1.54) is 11.1 Å². The lowest BCUT2D eigenvalue weighted by molar-refractivity contribution is -0.115. The molecule has 0 bridgehead atoms. The molecule has 0 fully saturated rings. The number of methoxy groups -OCH3 is 1.